The summed E-state index contributed by atoms with van der Waals surface area (Å²) in [5, 5.41) is 3.54. The Labute approximate surface area is 98.1 Å². The fraction of sp³-hybridized carbons (Fsp3) is 0.571. The molecule has 1 nitrogen and oxygen atoms in total. The summed E-state index contributed by atoms with van der Waals surface area (Å²) in [5.41, 5.74) is 1.02. The minimum absolute atomic E-state index is 0.158. The van der Waals surface area contributed by atoms with E-state index in [9.17, 15) is 4.39 Å². The van der Waals surface area contributed by atoms with Crippen LogP contribution >= 0.6 is 0 Å². The van der Waals surface area contributed by atoms with Gasteiger partial charge < -0.3 is 5.32 Å². The van der Waals surface area contributed by atoms with Gasteiger partial charge in [-0.3, -0.25) is 0 Å². The second kappa shape index (κ2) is 6.64. The van der Waals surface area contributed by atoms with Crippen LogP contribution in [0.25, 0.3) is 0 Å². The van der Waals surface area contributed by atoms with Gasteiger partial charge in [0.25, 0.3) is 0 Å². The molecule has 0 fully saturated rings. The maximum atomic E-state index is 13.1. The zero-order chi connectivity index (χ0) is 12.0. The lowest BCUT2D eigenvalue weighted by Crippen LogP contribution is -2.30. The fourth-order valence-corrected chi connectivity index (χ4v) is 1.98. The van der Waals surface area contributed by atoms with E-state index in [2.05, 4.69) is 26.1 Å². The second-order valence-electron chi connectivity index (χ2n) is 4.34. The molecule has 0 bridgehead atoms. The zero-order valence-corrected chi connectivity index (χ0v) is 10.5. The lowest BCUT2D eigenvalue weighted by atomic mass is 10.0. The molecule has 0 aliphatic carbocycles. The maximum Gasteiger partial charge on any atom is 0.123 e. The first kappa shape index (κ1) is 13.2. The third kappa shape index (κ3) is 3.93. The van der Waals surface area contributed by atoms with Crippen LogP contribution in [-0.2, 0) is 0 Å². The summed E-state index contributed by atoms with van der Waals surface area (Å²) < 4.78 is 13.1. The minimum atomic E-state index is -0.158. The van der Waals surface area contributed by atoms with Crippen molar-refractivity contribution >= 4 is 0 Å². The van der Waals surface area contributed by atoms with Crippen molar-refractivity contribution in [3.05, 3.63) is 35.6 Å². The Morgan fingerprint density at radius 2 is 2.06 bits per heavy atom. The van der Waals surface area contributed by atoms with Gasteiger partial charge in [-0.2, -0.15) is 0 Å². The summed E-state index contributed by atoms with van der Waals surface area (Å²) in [4.78, 5) is 0. The van der Waals surface area contributed by atoms with Gasteiger partial charge in [0, 0.05) is 12.1 Å². The van der Waals surface area contributed by atoms with E-state index in [0.717, 1.165) is 12.0 Å². The average Bonchev–Trinajstić information content (AvgIpc) is 2.28. The lowest BCUT2D eigenvalue weighted by molar-refractivity contribution is 0.416. The highest BCUT2D eigenvalue weighted by Crippen LogP contribution is 2.16. The van der Waals surface area contributed by atoms with Crippen LogP contribution in [0.15, 0.2) is 24.3 Å². The predicted molar refractivity (Wildman–Crippen MR) is 66.9 cm³/mol. The van der Waals surface area contributed by atoms with Crippen molar-refractivity contribution < 1.29 is 4.39 Å². The summed E-state index contributed by atoms with van der Waals surface area (Å²) in [7, 11) is 0. The van der Waals surface area contributed by atoms with Gasteiger partial charge in [-0.15, -0.1) is 0 Å². The Hall–Kier alpha value is -0.890. The molecule has 1 aromatic carbocycles. The fourth-order valence-electron chi connectivity index (χ4n) is 1.98. The number of benzene rings is 1. The third-order valence-electron chi connectivity index (χ3n) is 2.96. The van der Waals surface area contributed by atoms with Gasteiger partial charge in [0.05, 0.1) is 0 Å². The van der Waals surface area contributed by atoms with Crippen LogP contribution in [0.4, 0.5) is 4.39 Å². The molecule has 0 amide bonds. The summed E-state index contributed by atoms with van der Waals surface area (Å²) in [5.74, 6) is -0.158. The quantitative estimate of drug-likeness (QED) is 0.767. The summed E-state index contributed by atoms with van der Waals surface area (Å²) in [6.07, 6.45) is 3.48. The molecular formula is C14H22FN. The van der Waals surface area contributed by atoms with E-state index in [1.807, 2.05) is 6.07 Å². The lowest BCUT2D eigenvalue weighted by Gasteiger charge is -2.22. The van der Waals surface area contributed by atoms with E-state index in [4.69, 9.17) is 0 Å². The van der Waals surface area contributed by atoms with Crippen molar-refractivity contribution in [2.24, 2.45) is 0 Å². The zero-order valence-electron chi connectivity index (χ0n) is 10.5. The first-order chi connectivity index (χ1) is 7.67. The Morgan fingerprint density at radius 1 is 1.31 bits per heavy atom. The molecule has 0 aliphatic heterocycles. The Kier molecular flexibility index (Phi) is 5.47. The third-order valence-corrected chi connectivity index (χ3v) is 2.96. The average molecular weight is 223 g/mol. The SMILES string of the molecule is CCCC(CC)NC(C)c1cccc(F)c1. The molecule has 2 atom stereocenters. The topological polar surface area (TPSA) is 12.0 Å². The van der Waals surface area contributed by atoms with Gasteiger partial charge in [0.1, 0.15) is 5.82 Å². The normalized spacial score (nSPS) is 14.8. The monoisotopic (exact) mass is 223 g/mol. The first-order valence-corrected chi connectivity index (χ1v) is 6.18. The maximum absolute atomic E-state index is 13.1. The molecule has 0 heterocycles. The molecule has 0 radical (unpaired) electrons. The van der Waals surface area contributed by atoms with Crippen molar-refractivity contribution in [1.29, 1.82) is 0 Å². The molecule has 2 heteroatoms. The highest BCUT2D eigenvalue weighted by atomic mass is 19.1. The van der Waals surface area contributed by atoms with Gasteiger partial charge >= 0.3 is 0 Å². The van der Waals surface area contributed by atoms with Crippen LogP contribution in [0.1, 0.15) is 51.6 Å². The minimum Gasteiger partial charge on any atom is -0.307 e. The van der Waals surface area contributed by atoms with Crippen LogP contribution in [0, 0.1) is 5.82 Å². The second-order valence-corrected chi connectivity index (χ2v) is 4.34. The van der Waals surface area contributed by atoms with E-state index in [1.165, 1.54) is 18.9 Å². The predicted octanol–water partition coefficient (Wildman–Crippen LogP) is 4.06. The van der Waals surface area contributed by atoms with E-state index in [1.54, 1.807) is 12.1 Å². The number of nitrogens with one attached hydrogen (secondary N) is 1. The molecule has 0 spiro atoms. The molecule has 0 aromatic heterocycles. The van der Waals surface area contributed by atoms with Crippen LogP contribution in [0.5, 0.6) is 0 Å². The van der Waals surface area contributed by atoms with Gasteiger partial charge in [0.2, 0.25) is 0 Å². The van der Waals surface area contributed by atoms with Crippen molar-refractivity contribution in [2.75, 3.05) is 0 Å². The molecule has 0 saturated heterocycles. The van der Waals surface area contributed by atoms with Gasteiger partial charge in [-0.05, 0) is 37.5 Å². The number of hydrogen-bond donors (Lipinski definition) is 1. The van der Waals surface area contributed by atoms with Crippen LogP contribution in [0.3, 0.4) is 0 Å². The smallest absolute Gasteiger partial charge is 0.123 e. The van der Waals surface area contributed by atoms with Crippen molar-refractivity contribution in [2.45, 2.75) is 52.1 Å². The first-order valence-electron chi connectivity index (χ1n) is 6.18. The Bertz CT molecular complexity index is 311. The van der Waals surface area contributed by atoms with Gasteiger partial charge in [0.15, 0.2) is 0 Å². The molecule has 2 unspecified atom stereocenters. The van der Waals surface area contributed by atoms with Gasteiger partial charge in [-0.25, -0.2) is 4.39 Å². The molecule has 1 aromatic rings. The van der Waals surface area contributed by atoms with Gasteiger partial charge in [-0.1, -0.05) is 32.4 Å². The van der Waals surface area contributed by atoms with Crippen LogP contribution in [0.2, 0.25) is 0 Å². The van der Waals surface area contributed by atoms with Crippen molar-refractivity contribution in [3.8, 4) is 0 Å². The molecule has 0 saturated carbocycles. The number of rotatable bonds is 6. The highest BCUT2D eigenvalue weighted by Gasteiger charge is 2.11. The summed E-state index contributed by atoms with van der Waals surface area (Å²) >= 11 is 0. The van der Waals surface area contributed by atoms with E-state index >= 15 is 0 Å². The van der Waals surface area contributed by atoms with Crippen molar-refractivity contribution in [3.63, 3.8) is 0 Å². The highest BCUT2D eigenvalue weighted by molar-refractivity contribution is 5.19. The summed E-state index contributed by atoms with van der Waals surface area (Å²) in [6.45, 7) is 6.47. The molecule has 1 rings (SSSR count). The Balaban J connectivity index is 2.60. The number of hydrogen-bond acceptors (Lipinski definition) is 1. The molecule has 90 valence electrons. The molecule has 1 N–H and O–H groups in total. The summed E-state index contributed by atoms with van der Waals surface area (Å²) in [6, 6.07) is 7.58. The van der Waals surface area contributed by atoms with E-state index in [-0.39, 0.29) is 11.9 Å². The molecular weight excluding hydrogens is 201 g/mol. The Morgan fingerprint density at radius 3 is 2.62 bits per heavy atom. The van der Waals surface area contributed by atoms with E-state index < -0.39 is 0 Å². The van der Waals surface area contributed by atoms with Crippen LogP contribution < -0.4 is 5.32 Å². The number of halogens is 1. The standard InChI is InChI=1S/C14H22FN/c1-4-7-14(5-2)16-11(3)12-8-6-9-13(15)10-12/h6,8-11,14,16H,4-5,7H2,1-3H3. The van der Waals surface area contributed by atoms with E-state index in [0.29, 0.717) is 6.04 Å². The van der Waals surface area contributed by atoms with Crippen molar-refractivity contribution in [1.82, 2.24) is 5.32 Å². The van der Waals surface area contributed by atoms with Crippen LogP contribution in [-0.4, -0.2) is 6.04 Å². The molecule has 16 heavy (non-hydrogen) atoms. The largest absolute Gasteiger partial charge is 0.307 e. The molecule has 0 aliphatic rings.